The first-order valence-corrected chi connectivity index (χ1v) is 6.52. The Labute approximate surface area is 113 Å². The summed E-state index contributed by atoms with van der Waals surface area (Å²) >= 11 is 0. The van der Waals surface area contributed by atoms with Gasteiger partial charge < -0.3 is 14.0 Å². The maximum absolute atomic E-state index is 10.4. The second-order valence-electron chi connectivity index (χ2n) is 3.62. The molecule has 0 spiro atoms. The third-order valence-corrected chi connectivity index (χ3v) is 2.61. The van der Waals surface area contributed by atoms with E-state index < -0.39 is 8.69 Å². The summed E-state index contributed by atoms with van der Waals surface area (Å²) in [6.07, 6.45) is 0. The zero-order valence-electron chi connectivity index (χ0n) is 10.2. The van der Waals surface area contributed by atoms with Crippen molar-refractivity contribution in [3.63, 3.8) is 0 Å². The minimum Gasteiger partial charge on any atom is -0.490 e. The van der Waals surface area contributed by atoms with Gasteiger partial charge in [-0.25, -0.2) is 4.57 Å². The normalized spacial score (nSPS) is 10.1. The maximum Gasteiger partial charge on any atom is 0.395 e. The van der Waals surface area contributed by atoms with Gasteiger partial charge in [-0.3, -0.25) is 0 Å². The minimum atomic E-state index is -0.402. The summed E-state index contributed by atoms with van der Waals surface area (Å²) in [6.45, 7) is 0.804. The number of ether oxygens (including phenoxy) is 2. The average Bonchev–Trinajstić information content (AvgIpc) is 2.47. The first-order valence-electron chi connectivity index (χ1n) is 5.79. The molecular weight excluding hydrogens is 263 g/mol. The van der Waals surface area contributed by atoms with E-state index in [9.17, 15) is 4.57 Å². The topological polar surface area (TPSA) is 44.8 Å². The predicted octanol–water partition coefficient (Wildman–Crippen LogP) is 3.73. The van der Waals surface area contributed by atoms with Crippen molar-refractivity contribution in [2.75, 3.05) is 13.2 Å². The lowest BCUT2D eigenvalue weighted by Crippen LogP contribution is -2.09. The van der Waals surface area contributed by atoms with Crippen LogP contribution in [0.2, 0.25) is 0 Å². The highest BCUT2D eigenvalue weighted by atomic mass is 31.1. The third-order valence-electron chi connectivity index (χ3n) is 2.34. The first kappa shape index (κ1) is 13.4. The van der Waals surface area contributed by atoms with Crippen molar-refractivity contribution in [2.24, 2.45) is 0 Å². The summed E-state index contributed by atoms with van der Waals surface area (Å²) in [5, 5.41) is 0. The van der Waals surface area contributed by atoms with Crippen molar-refractivity contribution in [2.45, 2.75) is 0 Å². The van der Waals surface area contributed by atoms with Crippen molar-refractivity contribution >= 4 is 8.69 Å². The van der Waals surface area contributed by atoms with E-state index in [4.69, 9.17) is 14.0 Å². The molecule has 2 rings (SSSR count). The highest BCUT2D eigenvalue weighted by Gasteiger charge is 2.04. The number of para-hydroxylation sites is 3. The molecule has 5 heteroatoms. The second-order valence-corrected chi connectivity index (χ2v) is 3.95. The summed E-state index contributed by atoms with van der Waals surface area (Å²) < 4.78 is 26.4. The van der Waals surface area contributed by atoms with E-state index in [2.05, 4.69) is 0 Å². The van der Waals surface area contributed by atoms with Crippen LogP contribution in [-0.4, -0.2) is 13.2 Å². The van der Waals surface area contributed by atoms with Gasteiger partial charge >= 0.3 is 8.69 Å². The number of hydrogen-bond acceptors (Lipinski definition) is 4. The molecule has 0 fully saturated rings. The van der Waals surface area contributed by atoms with Gasteiger partial charge in [0, 0.05) is 0 Å². The summed E-state index contributed by atoms with van der Waals surface area (Å²) in [7, 11) is -0.402. The molecule has 0 saturated carbocycles. The fourth-order valence-electron chi connectivity index (χ4n) is 1.51. The van der Waals surface area contributed by atoms with E-state index in [1.807, 2.05) is 36.4 Å². The zero-order valence-corrected chi connectivity index (χ0v) is 11.1. The van der Waals surface area contributed by atoms with Gasteiger partial charge in [0.2, 0.25) is 0 Å². The Bertz CT molecular complexity index is 516. The van der Waals surface area contributed by atoms with Gasteiger partial charge in [0.1, 0.15) is 19.0 Å². The van der Waals surface area contributed by atoms with Crippen LogP contribution in [0, 0.1) is 0 Å². The molecule has 19 heavy (non-hydrogen) atoms. The van der Waals surface area contributed by atoms with Crippen molar-refractivity contribution in [3.05, 3.63) is 54.6 Å². The molecule has 0 atom stereocenters. The molecule has 98 valence electrons. The Morgan fingerprint density at radius 2 is 1.42 bits per heavy atom. The van der Waals surface area contributed by atoms with Gasteiger partial charge in [-0.2, -0.15) is 0 Å². The standard InChI is InChI=1S/C14H13O4P/c15-19-18-14-9-5-4-8-13(14)17-11-10-16-12-6-2-1-3-7-12/h1-9H,10-11H2. The lowest BCUT2D eigenvalue weighted by molar-refractivity contribution is 0.214. The van der Waals surface area contributed by atoms with Crippen LogP contribution < -0.4 is 14.0 Å². The fourth-order valence-corrected chi connectivity index (χ4v) is 1.74. The van der Waals surface area contributed by atoms with Crippen LogP contribution in [0.3, 0.4) is 0 Å². The molecule has 0 heterocycles. The Morgan fingerprint density at radius 3 is 2.16 bits per heavy atom. The van der Waals surface area contributed by atoms with Gasteiger partial charge in [-0.1, -0.05) is 30.3 Å². The van der Waals surface area contributed by atoms with Crippen LogP contribution in [0.15, 0.2) is 54.6 Å². The van der Waals surface area contributed by atoms with E-state index in [0.717, 1.165) is 5.75 Å². The lowest BCUT2D eigenvalue weighted by atomic mass is 10.3. The highest BCUT2D eigenvalue weighted by molar-refractivity contribution is 7.17. The van der Waals surface area contributed by atoms with E-state index >= 15 is 0 Å². The molecule has 0 aliphatic heterocycles. The van der Waals surface area contributed by atoms with E-state index in [1.165, 1.54) is 0 Å². The third kappa shape index (κ3) is 4.27. The summed E-state index contributed by atoms with van der Waals surface area (Å²) in [5.74, 6) is 1.79. The molecule has 0 bridgehead atoms. The Hall–Kier alpha value is -2.06. The van der Waals surface area contributed by atoms with Crippen LogP contribution in [0.4, 0.5) is 0 Å². The maximum atomic E-state index is 10.4. The number of rotatable bonds is 7. The zero-order chi connectivity index (χ0) is 13.3. The van der Waals surface area contributed by atoms with E-state index in [-0.39, 0.29) is 0 Å². The number of hydrogen-bond donors (Lipinski definition) is 0. The van der Waals surface area contributed by atoms with E-state index in [0.29, 0.717) is 24.7 Å². The monoisotopic (exact) mass is 276 g/mol. The van der Waals surface area contributed by atoms with Crippen molar-refractivity contribution in [1.82, 2.24) is 0 Å². The lowest BCUT2D eigenvalue weighted by Gasteiger charge is -2.10. The predicted molar refractivity (Wildman–Crippen MR) is 72.1 cm³/mol. The summed E-state index contributed by atoms with van der Waals surface area (Å²) in [6, 6.07) is 16.6. The van der Waals surface area contributed by atoms with Crippen molar-refractivity contribution in [3.8, 4) is 17.2 Å². The SMILES string of the molecule is O=POc1ccccc1OCCOc1ccccc1. The van der Waals surface area contributed by atoms with Crippen LogP contribution in [-0.2, 0) is 4.57 Å². The van der Waals surface area contributed by atoms with Crippen molar-refractivity contribution < 1.29 is 18.6 Å². The molecule has 0 aliphatic carbocycles. The molecule has 0 saturated heterocycles. The molecule has 2 aromatic rings. The van der Waals surface area contributed by atoms with Crippen molar-refractivity contribution in [1.29, 1.82) is 0 Å². The van der Waals surface area contributed by atoms with Gasteiger partial charge in [0.05, 0.1) is 0 Å². The molecule has 0 aromatic heterocycles. The summed E-state index contributed by atoms with van der Waals surface area (Å²) in [4.78, 5) is 0. The molecule has 0 aliphatic rings. The Balaban J connectivity index is 1.81. The van der Waals surface area contributed by atoms with Gasteiger partial charge in [-0.05, 0) is 24.3 Å². The highest BCUT2D eigenvalue weighted by Crippen LogP contribution is 2.28. The average molecular weight is 276 g/mol. The minimum absolute atomic E-state index is 0.380. The Morgan fingerprint density at radius 1 is 0.789 bits per heavy atom. The molecule has 2 aromatic carbocycles. The first-order chi connectivity index (χ1) is 9.40. The van der Waals surface area contributed by atoms with Crippen LogP contribution in [0.25, 0.3) is 0 Å². The Kier molecular flexibility index (Phi) is 5.20. The van der Waals surface area contributed by atoms with Gasteiger partial charge in [-0.15, -0.1) is 0 Å². The van der Waals surface area contributed by atoms with Gasteiger partial charge in [0.15, 0.2) is 11.5 Å². The van der Waals surface area contributed by atoms with E-state index in [1.54, 1.807) is 18.2 Å². The second kappa shape index (κ2) is 7.39. The molecule has 0 N–H and O–H groups in total. The molecule has 4 nitrogen and oxygen atoms in total. The molecule has 0 radical (unpaired) electrons. The van der Waals surface area contributed by atoms with Crippen LogP contribution >= 0.6 is 8.69 Å². The van der Waals surface area contributed by atoms with Crippen LogP contribution in [0.5, 0.6) is 17.2 Å². The molecule has 0 amide bonds. The largest absolute Gasteiger partial charge is 0.490 e. The smallest absolute Gasteiger partial charge is 0.395 e. The summed E-state index contributed by atoms with van der Waals surface area (Å²) in [5.41, 5.74) is 0. The van der Waals surface area contributed by atoms with Crippen LogP contribution in [0.1, 0.15) is 0 Å². The molecular formula is C14H13O4P. The number of benzene rings is 2. The quantitative estimate of drug-likeness (QED) is 0.571. The molecule has 0 unspecified atom stereocenters. The fraction of sp³-hybridized carbons (Fsp3) is 0.143. The van der Waals surface area contributed by atoms with Gasteiger partial charge in [0.25, 0.3) is 0 Å².